The molecule has 1 heterocycles. The first kappa shape index (κ1) is 15.4. The van der Waals surface area contributed by atoms with Gasteiger partial charge in [-0.2, -0.15) is 0 Å². The molecule has 1 aliphatic rings. The Bertz CT molecular complexity index is 451. The molecule has 1 fully saturated rings. The van der Waals surface area contributed by atoms with Crippen LogP contribution in [0, 0.1) is 0 Å². The Hall–Kier alpha value is -0.990. The molecular weight excluding hydrogens is 332 g/mol. The maximum Gasteiger partial charge on any atom is 0.338 e. The number of carbonyl (C=O) groups excluding carboxylic acids is 1. The van der Waals surface area contributed by atoms with Gasteiger partial charge in [0.05, 0.1) is 5.56 Å². The molecular formula is C13H15BrO6. The number of rotatable bonds is 3. The lowest BCUT2D eigenvalue weighted by Gasteiger charge is -2.39. The van der Waals surface area contributed by atoms with Gasteiger partial charge in [0.15, 0.2) is 12.4 Å². The molecule has 3 N–H and O–H groups in total. The van der Waals surface area contributed by atoms with Crippen LogP contribution in [0.25, 0.3) is 0 Å². The van der Waals surface area contributed by atoms with Gasteiger partial charge in [0.1, 0.15) is 18.3 Å². The van der Waals surface area contributed by atoms with Crippen molar-refractivity contribution in [2.24, 2.45) is 0 Å². The van der Waals surface area contributed by atoms with Gasteiger partial charge in [-0.3, -0.25) is 0 Å². The Balaban J connectivity index is 2.11. The van der Waals surface area contributed by atoms with Crippen LogP contribution in [0.1, 0.15) is 10.4 Å². The van der Waals surface area contributed by atoms with E-state index in [1.165, 1.54) is 0 Å². The molecule has 0 bridgehead atoms. The molecule has 0 unspecified atom stereocenters. The molecule has 2 rings (SSSR count). The second-order valence-electron chi connectivity index (χ2n) is 4.44. The van der Waals surface area contributed by atoms with Crippen LogP contribution < -0.4 is 0 Å². The number of aliphatic hydroxyl groups excluding tert-OH is 3. The van der Waals surface area contributed by atoms with Crippen LogP contribution in [0.15, 0.2) is 30.3 Å². The third-order valence-electron chi connectivity index (χ3n) is 3.06. The first-order valence-electron chi connectivity index (χ1n) is 6.06. The Labute approximate surface area is 124 Å². The predicted octanol–water partition coefficient (Wildman–Crippen LogP) is 0.0459. The molecule has 110 valence electrons. The van der Waals surface area contributed by atoms with Gasteiger partial charge < -0.3 is 24.8 Å². The number of ether oxygens (including phenoxy) is 2. The first-order chi connectivity index (χ1) is 9.54. The lowest BCUT2D eigenvalue weighted by atomic mass is 9.99. The standard InChI is InChI=1S/C13H15BrO6/c14-6-8-11(9(15)10(16)13(18)19-8)20-12(17)7-4-2-1-3-5-7/h1-5,8-11,13,15-16,18H,6H2/t8-,9+,10+,11+,13-/m1/s1. The molecule has 0 saturated carbocycles. The van der Waals surface area contributed by atoms with E-state index in [9.17, 15) is 20.1 Å². The first-order valence-corrected chi connectivity index (χ1v) is 7.18. The van der Waals surface area contributed by atoms with Crippen LogP contribution in [0.3, 0.4) is 0 Å². The Morgan fingerprint density at radius 3 is 2.45 bits per heavy atom. The predicted molar refractivity (Wildman–Crippen MR) is 72.3 cm³/mol. The van der Waals surface area contributed by atoms with Crippen molar-refractivity contribution in [2.75, 3.05) is 5.33 Å². The maximum absolute atomic E-state index is 12.0. The van der Waals surface area contributed by atoms with E-state index >= 15 is 0 Å². The van der Waals surface area contributed by atoms with Gasteiger partial charge in [-0.15, -0.1) is 0 Å². The Morgan fingerprint density at radius 2 is 1.85 bits per heavy atom. The molecule has 1 saturated heterocycles. The Morgan fingerprint density at radius 1 is 1.20 bits per heavy atom. The number of aliphatic hydroxyl groups is 3. The topological polar surface area (TPSA) is 96.2 Å². The highest BCUT2D eigenvalue weighted by Crippen LogP contribution is 2.24. The van der Waals surface area contributed by atoms with Gasteiger partial charge in [0.2, 0.25) is 0 Å². The van der Waals surface area contributed by atoms with Gasteiger partial charge in [-0.1, -0.05) is 34.1 Å². The van der Waals surface area contributed by atoms with Crippen molar-refractivity contribution >= 4 is 21.9 Å². The van der Waals surface area contributed by atoms with E-state index in [-0.39, 0.29) is 5.33 Å². The molecule has 0 aliphatic carbocycles. The number of esters is 1. The molecule has 1 aromatic carbocycles. The van der Waals surface area contributed by atoms with Crippen LogP contribution in [-0.2, 0) is 9.47 Å². The van der Waals surface area contributed by atoms with Crippen molar-refractivity contribution in [1.82, 2.24) is 0 Å². The fourth-order valence-electron chi connectivity index (χ4n) is 1.96. The minimum atomic E-state index is -1.53. The summed E-state index contributed by atoms with van der Waals surface area (Å²) in [6.45, 7) is 0. The summed E-state index contributed by atoms with van der Waals surface area (Å²) in [4.78, 5) is 12.0. The molecule has 7 heteroatoms. The quantitative estimate of drug-likeness (QED) is 0.528. The number of halogens is 1. The normalized spacial score (nSPS) is 33.7. The third-order valence-corrected chi connectivity index (χ3v) is 3.70. The highest BCUT2D eigenvalue weighted by atomic mass is 79.9. The largest absolute Gasteiger partial charge is 0.453 e. The van der Waals surface area contributed by atoms with E-state index in [0.717, 1.165) is 0 Å². The summed E-state index contributed by atoms with van der Waals surface area (Å²) in [6.07, 6.45) is -6.29. The lowest BCUT2D eigenvalue weighted by molar-refractivity contribution is -0.275. The highest BCUT2D eigenvalue weighted by Gasteiger charge is 2.45. The SMILES string of the molecule is O=C(O[C@@H]1[C@@H](O)[C@H](O)[C@H](O)O[C@@H]1CBr)c1ccccc1. The van der Waals surface area contributed by atoms with Crippen LogP contribution in [0.2, 0.25) is 0 Å². The van der Waals surface area contributed by atoms with Crippen molar-refractivity contribution < 1.29 is 29.6 Å². The summed E-state index contributed by atoms with van der Waals surface area (Å²) >= 11 is 3.15. The molecule has 6 nitrogen and oxygen atoms in total. The summed E-state index contributed by atoms with van der Waals surface area (Å²) < 4.78 is 10.3. The van der Waals surface area contributed by atoms with E-state index in [4.69, 9.17) is 9.47 Å². The second-order valence-corrected chi connectivity index (χ2v) is 5.08. The number of alkyl halides is 1. The smallest absolute Gasteiger partial charge is 0.338 e. The molecule has 20 heavy (non-hydrogen) atoms. The van der Waals surface area contributed by atoms with Crippen molar-refractivity contribution in [2.45, 2.75) is 30.7 Å². The summed E-state index contributed by atoms with van der Waals surface area (Å²) in [5.41, 5.74) is 0.327. The van der Waals surface area contributed by atoms with Gasteiger partial charge in [-0.25, -0.2) is 4.79 Å². The summed E-state index contributed by atoms with van der Waals surface area (Å²) in [6, 6.07) is 8.28. The average Bonchev–Trinajstić information content (AvgIpc) is 2.48. The van der Waals surface area contributed by atoms with Crippen LogP contribution in [-0.4, -0.2) is 57.3 Å². The molecule has 0 aromatic heterocycles. The van der Waals surface area contributed by atoms with E-state index in [2.05, 4.69) is 15.9 Å². The second kappa shape index (κ2) is 6.64. The fraction of sp³-hybridized carbons (Fsp3) is 0.462. The third kappa shape index (κ3) is 3.18. The van der Waals surface area contributed by atoms with E-state index in [1.54, 1.807) is 30.3 Å². The minimum Gasteiger partial charge on any atom is -0.453 e. The van der Waals surface area contributed by atoms with Gasteiger partial charge in [-0.05, 0) is 12.1 Å². The maximum atomic E-state index is 12.0. The monoisotopic (exact) mass is 346 g/mol. The molecule has 1 aromatic rings. The average molecular weight is 347 g/mol. The van der Waals surface area contributed by atoms with E-state index < -0.39 is 36.7 Å². The summed E-state index contributed by atoms with van der Waals surface area (Å²) in [5, 5.41) is 29.2. The fourth-order valence-corrected chi connectivity index (χ4v) is 2.48. The summed E-state index contributed by atoms with van der Waals surface area (Å²) in [7, 11) is 0. The molecule has 0 amide bonds. The van der Waals surface area contributed by atoms with Crippen LogP contribution in [0.5, 0.6) is 0 Å². The highest BCUT2D eigenvalue weighted by molar-refractivity contribution is 9.09. The number of carbonyl (C=O) groups is 1. The van der Waals surface area contributed by atoms with Crippen molar-refractivity contribution in [3.8, 4) is 0 Å². The molecule has 0 spiro atoms. The minimum absolute atomic E-state index is 0.237. The molecule has 0 radical (unpaired) electrons. The van der Waals surface area contributed by atoms with Crippen molar-refractivity contribution in [1.29, 1.82) is 0 Å². The van der Waals surface area contributed by atoms with E-state index in [1.807, 2.05) is 0 Å². The molecule has 1 aliphatic heterocycles. The Kier molecular flexibility index (Phi) is 5.11. The number of hydrogen-bond donors (Lipinski definition) is 3. The zero-order valence-electron chi connectivity index (χ0n) is 10.4. The van der Waals surface area contributed by atoms with Crippen LogP contribution >= 0.6 is 15.9 Å². The van der Waals surface area contributed by atoms with Crippen LogP contribution in [0.4, 0.5) is 0 Å². The van der Waals surface area contributed by atoms with Crippen molar-refractivity contribution in [3.05, 3.63) is 35.9 Å². The number of hydrogen-bond acceptors (Lipinski definition) is 6. The summed E-state index contributed by atoms with van der Waals surface area (Å²) in [5.74, 6) is -0.632. The van der Waals surface area contributed by atoms with E-state index in [0.29, 0.717) is 5.56 Å². The number of benzene rings is 1. The zero-order chi connectivity index (χ0) is 14.7. The van der Waals surface area contributed by atoms with Gasteiger partial charge in [0, 0.05) is 5.33 Å². The van der Waals surface area contributed by atoms with Gasteiger partial charge >= 0.3 is 5.97 Å². The van der Waals surface area contributed by atoms with Gasteiger partial charge in [0.25, 0.3) is 0 Å². The zero-order valence-corrected chi connectivity index (χ0v) is 12.0. The van der Waals surface area contributed by atoms with Crippen molar-refractivity contribution in [3.63, 3.8) is 0 Å². The lowest BCUT2D eigenvalue weighted by Crippen LogP contribution is -2.59. The molecule has 5 atom stereocenters.